The summed E-state index contributed by atoms with van der Waals surface area (Å²) in [5.74, 6) is 0. The molecule has 0 aliphatic carbocycles. The largest absolute Gasteiger partial charge is 0.500 e. The van der Waals surface area contributed by atoms with Crippen LogP contribution in [0.25, 0.3) is 0 Å². The molecule has 5 heteroatoms. The molecular formula is C5H6BBrO2S. The fourth-order valence-corrected chi connectivity index (χ4v) is 2.18. The fourth-order valence-electron chi connectivity index (χ4n) is 0.624. The highest BCUT2D eigenvalue weighted by atomic mass is 79.9. The summed E-state index contributed by atoms with van der Waals surface area (Å²) in [7, 11) is -1.35. The maximum absolute atomic E-state index is 8.75. The van der Waals surface area contributed by atoms with Crippen molar-refractivity contribution in [3.8, 4) is 0 Å². The van der Waals surface area contributed by atoms with Crippen LogP contribution in [0, 0.1) is 6.92 Å². The van der Waals surface area contributed by atoms with Crippen molar-refractivity contribution in [3.05, 3.63) is 15.4 Å². The Morgan fingerprint density at radius 2 is 2.20 bits per heavy atom. The molecule has 0 unspecified atom stereocenters. The normalized spacial score (nSPS) is 10.0. The third kappa shape index (κ3) is 1.42. The Morgan fingerprint density at radius 1 is 1.60 bits per heavy atom. The van der Waals surface area contributed by atoms with E-state index in [1.807, 2.05) is 12.3 Å². The van der Waals surface area contributed by atoms with Crippen LogP contribution in [-0.2, 0) is 0 Å². The van der Waals surface area contributed by atoms with Gasteiger partial charge in [0.05, 0.1) is 0 Å². The topological polar surface area (TPSA) is 40.5 Å². The number of rotatable bonds is 1. The van der Waals surface area contributed by atoms with Crippen molar-refractivity contribution in [1.82, 2.24) is 0 Å². The van der Waals surface area contributed by atoms with Gasteiger partial charge in [0.1, 0.15) is 0 Å². The Morgan fingerprint density at radius 3 is 2.40 bits per heavy atom. The van der Waals surface area contributed by atoms with Crippen molar-refractivity contribution in [3.63, 3.8) is 0 Å². The second kappa shape index (κ2) is 3.05. The van der Waals surface area contributed by atoms with Crippen LogP contribution in [0.5, 0.6) is 0 Å². The molecule has 0 saturated heterocycles. The number of hydrogen-bond acceptors (Lipinski definition) is 3. The van der Waals surface area contributed by atoms with Gasteiger partial charge in [0.25, 0.3) is 0 Å². The monoisotopic (exact) mass is 220 g/mol. The predicted octanol–water partition coefficient (Wildman–Crippen LogP) is 0.499. The van der Waals surface area contributed by atoms with E-state index in [1.165, 1.54) is 11.3 Å². The van der Waals surface area contributed by atoms with Gasteiger partial charge in [-0.05, 0) is 17.9 Å². The van der Waals surface area contributed by atoms with Gasteiger partial charge in [0.15, 0.2) is 0 Å². The minimum Gasteiger partial charge on any atom is -0.423 e. The molecule has 0 saturated carbocycles. The molecule has 0 aliphatic rings. The van der Waals surface area contributed by atoms with Crippen molar-refractivity contribution < 1.29 is 10.0 Å². The molecule has 1 rings (SSSR count). The van der Waals surface area contributed by atoms with Crippen LogP contribution < -0.4 is 4.78 Å². The smallest absolute Gasteiger partial charge is 0.423 e. The van der Waals surface area contributed by atoms with E-state index >= 15 is 0 Å². The van der Waals surface area contributed by atoms with Crippen LogP contribution in [0.4, 0.5) is 0 Å². The Labute approximate surface area is 71.8 Å². The fraction of sp³-hybridized carbons (Fsp3) is 0.200. The van der Waals surface area contributed by atoms with Crippen LogP contribution in [0.2, 0.25) is 0 Å². The van der Waals surface area contributed by atoms with Crippen molar-refractivity contribution in [1.29, 1.82) is 0 Å². The zero-order valence-electron chi connectivity index (χ0n) is 5.34. The molecule has 1 aromatic rings. The van der Waals surface area contributed by atoms with Crippen LogP contribution >= 0.6 is 27.3 Å². The third-order valence-electron chi connectivity index (χ3n) is 1.16. The summed E-state index contributed by atoms with van der Waals surface area (Å²) in [5.41, 5.74) is 1.04. The third-order valence-corrected chi connectivity index (χ3v) is 3.62. The molecule has 54 valence electrons. The summed E-state index contributed by atoms with van der Waals surface area (Å²) in [6.45, 7) is 1.91. The van der Waals surface area contributed by atoms with Crippen LogP contribution in [0.15, 0.2) is 9.85 Å². The molecule has 0 aliphatic heterocycles. The lowest BCUT2D eigenvalue weighted by molar-refractivity contribution is 0.426. The first-order valence-electron chi connectivity index (χ1n) is 2.72. The lowest BCUT2D eigenvalue weighted by Crippen LogP contribution is -2.27. The van der Waals surface area contributed by atoms with Crippen LogP contribution in [-0.4, -0.2) is 17.2 Å². The van der Waals surface area contributed by atoms with E-state index in [0.29, 0.717) is 4.78 Å². The van der Waals surface area contributed by atoms with Gasteiger partial charge in [0, 0.05) is 9.25 Å². The van der Waals surface area contributed by atoms with Crippen molar-refractivity contribution in [2.45, 2.75) is 6.92 Å². The van der Waals surface area contributed by atoms with Gasteiger partial charge in [-0.1, -0.05) is 15.9 Å². The van der Waals surface area contributed by atoms with E-state index < -0.39 is 7.12 Å². The van der Waals surface area contributed by atoms with Crippen molar-refractivity contribution in [2.24, 2.45) is 0 Å². The average molecular weight is 221 g/mol. The Kier molecular flexibility index (Phi) is 2.52. The first-order valence-corrected chi connectivity index (χ1v) is 4.40. The molecule has 0 spiro atoms. The number of hydrogen-bond donors (Lipinski definition) is 2. The summed E-state index contributed by atoms with van der Waals surface area (Å²) >= 11 is 4.58. The molecular weight excluding hydrogens is 215 g/mol. The molecule has 10 heavy (non-hydrogen) atoms. The van der Waals surface area contributed by atoms with Crippen LogP contribution in [0.3, 0.4) is 0 Å². The second-order valence-electron chi connectivity index (χ2n) is 1.97. The van der Waals surface area contributed by atoms with E-state index in [2.05, 4.69) is 15.9 Å². The standard InChI is InChI=1S/C5H6BBrO2S/c1-3-2-10-5(4(3)7)6(8)9/h2,8-9H,1H3. The van der Waals surface area contributed by atoms with Crippen LogP contribution in [0.1, 0.15) is 5.56 Å². The van der Waals surface area contributed by atoms with E-state index in [0.717, 1.165) is 10.0 Å². The van der Waals surface area contributed by atoms with Gasteiger partial charge >= 0.3 is 7.12 Å². The molecule has 0 bridgehead atoms. The Balaban J connectivity index is 3.05. The minimum absolute atomic E-state index is 0.567. The van der Waals surface area contributed by atoms with E-state index in [-0.39, 0.29) is 0 Å². The molecule has 0 aromatic carbocycles. The maximum Gasteiger partial charge on any atom is 0.500 e. The van der Waals surface area contributed by atoms with E-state index in [1.54, 1.807) is 0 Å². The maximum atomic E-state index is 8.75. The lowest BCUT2D eigenvalue weighted by atomic mass is 9.89. The SMILES string of the molecule is Cc1csc(B(O)O)c1Br. The molecule has 2 nitrogen and oxygen atoms in total. The highest BCUT2D eigenvalue weighted by molar-refractivity contribution is 9.10. The molecule has 2 N–H and O–H groups in total. The van der Waals surface area contributed by atoms with Gasteiger partial charge in [-0.15, -0.1) is 0 Å². The number of thiophene rings is 1. The molecule has 0 radical (unpaired) electrons. The van der Waals surface area contributed by atoms with Crippen molar-refractivity contribution in [2.75, 3.05) is 0 Å². The first-order chi connectivity index (χ1) is 4.63. The molecule has 1 heterocycles. The highest BCUT2D eigenvalue weighted by Gasteiger charge is 2.17. The Bertz CT molecular complexity index is 236. The van der Waals surface area contributed by atoms with Gasteiger partial charge in [0.2, 0.25) is 0 Å². The summed E-state index contributed by atoms with van der Waals surface area (Å²) in [5, 5.41) is 19.4. The minimum atomic E-state index is -1.35. The zero-order chi connectivity index (χ0) is 7.72. The quantitative estimate of drug-likeness (QED) is 0.677. The summed E-state index contributed by atoms with van der Waals surface area (Å²) in [4.78, 5) is 0. The average Bonchev–Trinajstić information content (AvgIpc) is 2.14. The summed E-state index contributed by atoms with van der Waals surface area (Å²) < 4.78 is 1.37. The first kappa shape index (κ1) is 8.26. The Hall–Kier alpha value is 0.165. The van der Waals surface area contributed by atoms with Crippen molar-refractivity contribution >= 4 is 39.2 Å². The van der Waals surface area contributed by atoms with E-state index in [9.17, 15) is 0 Å². The molecule has 0 atom stereocenters. The molecule has 0 fully saturated rings. The lowest BCUT2D eigenvalue weighted by Gasteiger charge is -1.93. The molecule has 0 amide bonds. The van der Waals surface area contributed by atoms with E-state index in [4.69, 9.17) is 10.0 Å². The highest BCUT2D eigenvalue weighted by Crippen LogP contribution is 2.17. The van der Waals surface area contributed by atoms with Gasteiger partial charge in [-0.25, -0.2) is 0 Å². The molecule has 1 aromatic heterocycles. The van der Waals surface area contributed by atoms with Gasteiger partial charge in [-0.2, -0.15) is 11.3 Å². The van der Waals surface area contributed by atoms with Gasteiger partial charge < -0.3 is 10.0 Å². The summed E-state index contributed by atoms with van der Waals surface area (Å²) in [6.07, 6.45) is 0. The predicted molar refractivity (Wildman–Crippen MR) is 46.6 cm³/mol. The van der Waals surface area contributed by atoms with Gasteiger partial charge in [-0.3, -0.25) is 0 Å². The number of aryl methyl sites for hydroxylation is 1. The number of halogens is 1. The summed E-state index contributed by atoms with van der Waals surface area (Å²) in [6, 6.07) is 0. The second-order valence-corrected chi connectivity index (χ2v) is 3.67. The zero-order valence-corrected chi connectivity index (χ0v) is 7.74.